The first kappa shape index (κ1) is 22.3. The van der Waals surface area contributed by atoms with Crippen LogP contribution in [0, 0.1) is 12.3 Å². The van der Waals surface area contributed by atoms with Crippen molar-refractivity contribution in [2.45, 2.75) is 32.7 Å². The largest absolute Gasteiger partial charge is 0.478 e. The number of aromatic nitrogens is 1. The molecule has 0 aliphatic carbocycles. The molecule has 0 unspecified atom stereocenters. The molecule has 34 heavy (non-hydrogen) atoms. The Morgan fingerprint density at radius 2 is 1.56 bits per heavy atom. The van der Waals surface area contributed by atoms with Gasteiger partial charge in [0.2, 0.25) is 5.91 Å². The number of benzene rings is 2. The standard InChI is InChI=1S/C28H29N3O3/c1-20-3-2-15-29-25(20)19-30-16-12-28(13-17-30)14-18-31(27(28)34)24-10-8-22(9-11-24)21-4-6-23(7-5-21)26(32)33/h2-11,15H,12-14,16-19H2,1H3,(H,32,33). The van der Waals surface area contributed by atoms with E-state index in [0.29, 0.717) is 0 Å². The predicted molar refractivity (Wildman–Crippen MR) is 132 cm³/mol. The first-order valence-corrected chi connectivity index (χ1v) is 11.8. The van der Waals surface area contributed by atoms with Gasteiger partial charge in [0.05, 0.1) is 16.7 Å². The molecule has 0 atom stereocenters. The van der Waals surface area contributed by atoms with E-state index < -0.39 is 5.97 Å². The Hall–Kier alpha value is -3.51. The zero-order chi connectivity index (χ0) is 23.7. The number of hydrogen-bond acceptors (Lipinski definition) is 4. The summed E-state index contributed by atoms with van der Waals surface area (Å²) in [7, 11) is 0. The highest BCUT2D eigenvalue weighted by Crippen LogP contribution is 2.43. The first-order valence-electron chi connectivity index (χ1n) is 11.8. The third kappa shape index (κ3) is 4.21. The van der Waals surface area contributed by atoms with E-state index in [1.807, 2.05) is 53.6 Å². The third-order valence-corrected chi connectivity index (χ3v) is 7.46. The molecule has 2 saturated heterocycles. The number of carbonyl (C=O) groups excluding carboxylic acids is 1. The van der Waals surface area contributed by atoms with Crippen LogP contribution in [0.25, 0.3) is 11.1 Å². The van der Waals surface area contributed by atoms with Gasteiger partial charge in [-0.15, -0.1) is 0 Å². The van der Waals surface area contributed by atoms with Crippen molar-refractivity contribution in [1.82, 2.24) is 9.88 Å². The molecule has 1 N–H and O–H groups in total. The molecule has 1 aromatic heterocycles. The van der Waals surface area contributed by atoms with Gasteiger partial charge in [0, 0.05) is 25.0 Å². The fourth-order valence-corrected chi connectivity index (χ4v) is 5.20. The predicted octanol–water partition coefficient (Wildman–Crippen LogP) is 4.77. The van der Waals surface area contributed by atoms with Crippen LogP contribution in [0.1, 0.15) is 40.9 Å². The highest BCUT2D eigenvalue weighted by Gasteiger charge is 2.48. The lowest BCUT2D eigenvalue weighted by molar-refractivity contribution is -0.128. The van der Waals surface area contributed by atoms with Crippen LogP contribution in [0.2, 0.25) is 0 Å². The summed E-state index contributed by atoms with van der Waals surface area (Å²) in [6, 6.07) is 18.9. The van der Waals surface area contributed by atoms with Crippen molar-refractivity contribution >= 4 is 17.6 Å². The molecule has 6 nitrogen and oxygen atoms in total. The summed E-state index contributed by atoms with van der Waals surface area (Å²) in [6.45, 7) is 5.53. The topological polar surface area (TPSA) is 73.7 Å². The molecular weight excluding hydrogens is 426 g/mol. The number of nitrogens with zero attached hydrogens (tertiary/aromatic N) is 3. The first-order chi connectivity index (χ1) is 16.4. The fraction of sp³-hybridized carbons (Fsp3) is 0.321. The van der Waals surface area contributed by atoms with Gasteiger partial charge in [0.25, 0.3) is 0 Å². The average molecular weight is 456 g/mol. The van der Waals surface area contributed by atoms with E-state index in [-0.39, 0.29) is 16.9 Å². The number of aromatic carboxylic acids is 1. The van der Waals surface area contributed by atoms with Gasteiger partial charge < -0.3 is 10.0 Å². The fourth-order valence-electron chi connectivity index (χ4n) is 5.20. The van der Waals surface area contributed by atoms with Crippen molar-refractivity contribution in [3.63, 3.8) is 0 Å². The van der Waals surface area contributed by atoms with Crippen molar-refractivity contribution in [1.29, 1.82) is 0 Å². The molecule has 0 radical (unpaired) electrons. The summed E-state index contributed by atoms with van der Waals surface area (Å²) in [5.41, 5.74) is 5.24. The van der Waals surface area contributed by atoms with Crippen LogP contribution in [0.15, 0.2) is 66.9 Å². The SMILES string of the molecule is Cc1cccnc1CN1CCC2(CC1)CCN(c1ccc(-c3ccc(C(=O)O)cc3)cc1)C2=O. The number of carboxylic acid groups (broad SMARTS) is 1. The number of anilines is 1. The number of carbonyl (C=O) groups is 2. The highest BCUT2D eigenvalue weighted by molar-refractivity contribution is 6.00. The van der Waals surface area contributed by atoms with Crippen LogP contribution >= 0.6 is 0 Å². The number of rotatable bonds is 5. The Bertz CT molecular complexity index is 1200. The Morgan fingerprint density at radius 1 is 0.941 bits per heavy atom. The number of likely N-dealkylation sites (tertiary alicyclic amines) is 1. The molecule has 1 spiro atoms. The second kappa shape index (κ2) is 9.03. The van der Waals surface area contributed by atoms with E-state index in [9.17, 15) is 9.59 Å². The van der Waals surface area contributed by atoms with Crippen molar-refractivity contribution in [2.75, 3.05) is 24.5 Å². The molecule has 5 rings (SSSR count). The minimum atomic E-state index is -0.930. The minimum Gasteiger partial charge on any atom is -0.478 e. The molecule has 174 valence electrons. The summed E-state index contributed by atoms with van der Waals surface area (Å²) < 4.78 is 0. The molecule has 0 bridgehead atoms. The Kier molecular flexibility index (Phi) is 5.92. The van der Waals surface area contributed by atoms with Gasteiger partial charge >= 0.3 is 5.97 Å². The molecular formula is C28H29N3O3. The van der Waals surface area contributed by atoms with E-state index in [4.69, 9.17) is 5.11 Å². The van der Waals surface area contributed by atoms with Crippen LogP contribution in [0.3, 0.4) is 0 Å². The summed E-state index contributed by atoms with van der Waals surface area (Å²) in [5, 5.41) is 9.08. The summed E-state index contributed by atoms with van der Waals surface area (Å²) >= 11 is 0. The van der Waals surface area contributed by atoms with Crippen LogP contribution in [-0.2, 0) is 11.3 Å². The minimum absolute atomic E-state index is 0.249. The zero-order valence-electron chi connectivity index (χ0n) is 19.4. The quantitative estimate of drug-likeness (QED) is 0.600. The number of amides is 1. The molecule has 0 saturated carbocycles. The Morgan fingerprint density at radius 3 is 2.18 bits per heavy atom. The third-order valence-electron chi connectivity index (χ3n) is 7.46. The van der Waals surface area contributed by atoms with Crippen LogP contribution < -0.4 is 4.90 Å². The van der Waals surface area contributed by atoms with Gasteiger partial charge in [-0.2, -0.15) is 0 Å². The highest BCUT2D eigenvalue weighted by atomic mass is 16.4. The molecule has 3 aromatic rings. The Labute approximate surface area is 199 Å². The second-order valence-corrected chi connectivity index (χ2v) is 9.46. The van der Waals surface area contributed by atoms with Crippen LogP contribution in [0.5, 0.6) is 0 Å². The lowest BCUT2D eigenvalue weighted by Crippen LogP contribution is -2.44. The lowest BCUT2D eigenvalue weighted by Gasteiger charge is -2.38. The average Bonchev–Trinajstić information content (AvgIpc) is 3.17. The maximum absolute atomic E-state index is 13.5. The monoisotopic (exact) mass is 455 g/mol. The van der Waals surface area contributed by atoms with E-state index >= 15 is 0 Å². The summed E-state index contributed by atoms with van der Waals surface area (Å²) in [6.07, 6.45) is 4.54. The van der Waals surface area contributed by atoms with E-state index in [0.717, 1.165) is 67.9 Å². The summed E-state index contributed by atoms with van der Waals surface area (Å²) in [4.78, 5) is 33.5. The van der Waals surface area contributed by atoms with E-state index in [1.54, 1.807) is 12.1 Å². The van der Waals surface area contributed by atoms with Crippen LogP contribution in [0.4, 0.5) is 5.69 Å². The number of hydrogen-bond donors (Lipinski definition) is 1. The smallest absolute Gasteiger partial charge is 0.335 e. The van der Waals surface area contributed by atoms with Gasteiger partial charge in [0.1, 0.15) is 0 Å². The number of pyridine rings is 1. The van der Waals surface area contributed by atoms with Gasteiger partial charge in [-0.3, -0.25) is 14.7 Å². The zero-order valence-corrected chi connectivity index (χ0v) is 19.4. The molecule has 3 heterocycles. The maximum Gasteiger partial charge on any atom is 0.335 e. The van der Waals surface area contributed by atoms with Crippen molar-refractivity contribution in [2.24, 2.45) is 5.41 Å². The van der Waals surface area contributed by atoms with Crippen LogP contribution in [-0.4, -0.2) is 46.5 Å². The maximum atomic E-state index is 13.5. The van der Waals surface area contributed by atoms with E-state index in [2.05, 4.69) is 22.9 Å². The lowest BCUT2D eigenvalue weighted by atomic mass is 9.77. The number of aryl methyl sites for hydroxylation is 1. The van der Waals surface area contributed by atoms with E-state index in [1.165, 1.54) is 5.56 Å². The van der Waals surface area contributed by atoms with Gasteiger partial charge in [-0.25, -0.2) is 4.79 Å². The molecule has 1 amide bonds. The van der Waals surface area contributed by atoms with Gasteiger partial charge in [-0.1, -0.05) is 30.3 Å². The molecule has 2 aliphatic rings. The summed E-state index contributed by atoms with van der Waals surface area (Å²) in [5.74, 6) is -0.680. The van der Waals surface area contributed by atoms with Gasteiger partial charge in [0.15, 0.2) is 0 Å². The molecule has 6 heteroatoms. The van der Waals surface area contributed by atoms with Crippen molar-refractivity contribution in [3.8, 4) is 11.1 Å². The second-order valence-electron chi connectivity index (χ2n) is 9.46. The number of piperidine rings is 1. The molecule has 2 aromatic carbocycles. The molecule has 2 aliphatic heterocycles. The number of carboxylic acids is 1. The molecule has 2 fully saturated rings. The van der Waals surface area contributed by atoms with Crippen molar-refractivity contribution < 1.29 is 14.7 Å². The Balaban J connectivity index is 1.23. The normalized spacial score (nSPS) is 17.9. The van der Waals surface area contributed by atoms with Gasteiger partial charge in [-0.05, 0) is 86.3 Å². The van der Waals surface area contributed by atoms with Crippen molar-refractivity contribution in [3.05, 3.63) is 83.7 Å².